The largest absolute Gasteiger partial charge is 0.345 e. The van der Waals surface area contributed by atoms with Gasteiger partial charge in [0.25, 0.3) is 0 Å². The van der Waals surface area contributed by atoms with Crippen molar-refractivity contribution in [3.05, 3.63) is 24.3 Å². The second-order valence-corrected chi connectivity index (χ2v) is 6.69. The lowest BCUT2D eigenvalue weighted by molar-refractivity contribution is 0.317. The molecule has 6 heteroatoms. The summed E-state index contributed by atoms with van der Waals surface area (Å²) in [5, 5.41) is 12.2. The summed E-state index contributed by atoms with van der Waals surface area (Å²) in [6.07, 6.45) is 5.95. The third-order valence-corrected chi connectivity index (χ3v) is 4.92. The average Bonchev–Trinajstić information content (AvgIpc) is 3.12. The normalized spacial score (nSPS) is 25.1. The van der Waals surface area contributed by atoms with Crippen molar-refractivity contribution in [3.8, 4) is 0 Å². The Morgan fingerprint density at radius 2 is 2.24 bits per heavy atom. The number of hydrogen-bond acceptors (Lipinski definition) is 4. The highest BCUT2D eigenvalue weighted by Crippen LogP contribution is 2.48. The minimum atomic E-state index is 0.211. The molecular formula is C15H20N6. The SMILES string of the molecule is CNC1C[C@@H](c2nnc3cnc4[nH]ccc4n23)C(C)(C)C1. The van der Waals surface area contributed by atoms with E-state index in [0.717, 1.165) is 35.5 Å². The third-order valence-electron chi connectivity index (χ3n) is 4.92. The molecule has 2 atom stereocenters. The maximum atomic E-state index is 4.50. The fourth-order valence-electron chi connectivity index (χ4n) is 3.76. The predicted molar refractivity (Wildman–Crippen MR) is 81.2 cm³/mol. The number of rotatable bonds is 2. The zero-order chi connectivity index (χ0) is 14.6. The van der Waals surface area contributed by atoms with Crippen LogP contribution in [-0.4, -0.2) is 37.7 Å². The fourth-order valence-corrected chi connectivity index (χ4v) is 3.76. The summed E-state index contributed by atoms with van der Waals surface area (Å²) in [5.41, 5.74) is 2.96. The molecule has 1 fully saturated rings. The highest BCUT2D eigenvalue weighted by atomic mass is 15.3. The quantitative estimate of drug-likeness (QED) is 0.756. The molecule has 1 saturated carbocycles. The minimum Gasteiger partial charge on any atom is -0.345 e. The van der Waals surface area contributed by atoms with Crippen LogP contribution < -0.4 is 5.32 Å². The van der Waals surface area contributed by atoms with E-state index in [1.807, 2.05) is 19.3 Å². The van der Waals surface area contributed by atoms with Gasteiger partial charge in [-0.2, -0.15) is 0 Å². The van der Waals surface area contributed by atoms with Crippen LogP contribution in [0.15, 0.2) is 18.5 Å². The average molecular weight is 284 g/mol. The molecule has 4 rings (SSSR count). The van der Waals surface area contributed by atoms with Gasteiger partial charge < -0.3 is 10.3 Å². The van der Waals surface area contributed by atoms with Crippen molar-refractivity contribution >= 4 is 16.8 Å². The predicted octanol–water partition coefficient (Wildman–Crippen LogP) is 2.10. The van der Waals surface area contributed by atoms with E-state index in [-0.39, 0.29) is 5.41 Å². The van der Waals surface area contributed by atoms with Crippen molar-refractivity contribution in [3.63, 3.8) is 0 Å². The summed E-state index contributed by atoms with van der Waals surface area (Å²) in [4.78, 5) is 7.55. The van der Waals surface area contributed by atoms with Crippen LogP contribution in [-0.2, 0) is 0 Å². The lowest BCUT2D eigenvalue weighted by Crippen LogP contribution is -2.22. The number of aromatic nitrogens is 5. The molecule has 0 amide bonds. The highest BCUT2D eigenvalue weighted by molar-refractivity contribution is 5.74. The molecule has 0 bridgehead atoms. The summed E-state index contributed by atoms with van der Waals surface area (Å²) in [6, 6.07) is 2.58. The monoisotopic (exact) mass is 284 g/mol. The molecule has 6 nitrogen and oxygen atoms in total. The summed E-state index contributed by atoms with van der Waals surface area (Å²) in [5.74, 6) is 1.45. The number of nitrogens with zero attached hydrogens (tertiary/aromatic N) is 4. The summed E-state index contributed by atoms with van der Waals surface area (Å²) < 4.78 is 2.16. The molecule has 0 spiro atoms. The van der Waals surface area contributed by atoms with Gasteiger partial charge in [0, 0.05) is 18.2 Å². The zero-order valence-corrected chi connectivity index (χ0v) is 12.6. The number of H-pyrrole nitrogens is 1. The minimum absolute atomic E-state index is 0.211. The van der Waals surface area contributed by atoms with Gasteiger partial charge >= 0.3 is 0 Å². The molecule has 2 N–H and O–H groups in total. The lowest BCUT2D eigenvalue weighted by Gasteiger charge is -2.25. The Morgan fingerprint density at radius 3 is 3.00 bits per heavy atom. The molecule has 1 aliphatic carbocycles. The van der Waals surface area contributed by atoms with Crippen LogP contribution in [0.4, 0.5) is 0 Å². The maximum Gasteiger partial charge on any atom is 0.179 e. The number of nitrogens with one attached hydrogen (secondary N) is 2. The van der Waals surface area contributed by atoms with Gasteiger partial charge in [-0.1, -0.05) is 13.8 Å². The zero-order valence-electron chi connectivity index (χ0n) is 12.6. The second kappa shape index (κ2) is 4.27. The molecule has 0 aromatic carbocycles. The molecule has 0 aliphatic heterocycles. The van der Waals surface area contributed by atoms with Gasteiger partial charge in [-0.3, -0.25) is 4.40 Å². The van der Waals surface area contributed by atoms with E-state index in [1.165, 1.54) is 0 Å². The molecule has 0 radical (unpaired) electrons. The molecule has 21 heavy (non-hydrogen) atoms. The number of aromatic amines is 1. The summed E-state index contributed by atoms with van der Waals surface area (Å²) in [7, 11) is 2.04. The molecule has 1 unspecified atom stereocenters. The molecule has 3 aromatic rings. The summed E-state index contributed by atoms with van der Waals surface area (Å²) >= 11 is 0. The Kier molecular flexibility index (Phi) is 2.60. The Hall–Kier alpha value is -1.95. The van der Waals surface area contributed by atoms with Crippen molar-refractivity contribution in [1.29, 1.82) is 0 Å². The van der Waals surface area contributed by atoms with Crippen molar-refractivity contribution < 1.29 is 0 Å². The van der Waals surface area contributed by atoms with Crippen molar-refractivity contribution in [1.82, 2.24) is 29.9 Å². The smallest absolute Gasteiger partial charge is 0.179 e. The molecular weight excluding hydrogens is 264 g/mol. The van der Waals surface area contributed by atoms with Gasteiger partial charge in [0.2, 0.25) is 0 Å². The van der Waals surface area contributed by atoms with E-state index in [4.69, 9.17) is 0 Å². The van der Waals surface area contributed by atoms with Crippen LogP contribution in [0.3, 0.4) is 0 Å². The fraction of sp³-hybridized carbons (Fsp3) is 0.533. The van der Waals surface area contributed by atoms with Crippen LogP contribution in [0.5, 0.6) is 0 Å². The van der Waals surface area contributed by atoms with Gasteiger partial charge in [-0.25, -0.2) is 4.98 Å². The highest BCUT2D eigenvalue weighted by Gasteiger charge is 2.43. The Morgan fingerprint density at radius 1 is 1.38 bits per heavy atom. The van der Waals surface area contributed by atoms with E-state index in [1.54, 1.807) is 6.20 Å². The summed E-state index contributed by atoms with van der Waals surface area (Å²) in [6.45, 7) is 4.65. The Bertz CT molecular complexity index is 799. The molecule has 3 heterocycles. The van der Waals surface area contributed by atoms with Crippen LogP contribution in [0.1, 0.15) is 38.4 Å². The first kappa shape index (κ1) is 12.8. The second-order valence-electron chi connectivity index (χ2n) is 6.69. The van der Waals surface area contributed by atoms with E-state index >= 15 is 0 Å². The van der Waals surface area contributed by atoms with Gasteiger partial charge in [-0.15, -0.1) is 10.2 Å². The Balaban J connectivity index is 1.92. The van der Waals surface area contributed by atoms with Crippen molar-refractivity contribution in [2.24, 2.45) is 5.41 Å². The van der Waals surface area contributed by atoms with E-state index in [0.29, 0.717) is 12.0 Å². The lowest BCUT2D eigenvalue weighted by atomic mass is 9.81. The van der Waals surface area contributed by atoms with Crippen LogP contribution in [0, 0.1) is 5.41 Å². The van der Waals surface area contributed by atoms with Crippen LogP contribution in [0.2, 0.25) is 0 Å². The first-order valence-corrected chi connectivity index (χ1v) is 7.44. The third kappa shape index (κ3) is 1.78. The van der Waals surface area contributed by atoms with Gasteiger partial charge in [0.1, 0.15) is 5.82 Å². The van der Waals surface area contributed by atoms with E-state index in [2.05, 4.69) is 43.7 Å². The first-order valence-electron chi connectivity index (χ1n) is 7.44. The molecule has 0 saturated heterocycles. The van der Waals surface area contributed by atoms with Crippen LogP contribution in [0.25, 0.3) is 16.8 Å². The standard InChI is InChI=1S/C15H20N6/c1-15(2)7-9(16-3)6-10(15)14-20-19-12-8-18-13-11(21(12)14)4-5-17-13/h4-5,8-10,16-17H,6-7H2,1-3H3/t9?,10-/m0/s1. The van der Waals surface area contributed by atoms with Crippen LogP contribution >= 0.6 is 0 Å². The molecule has 3 aromatic heterocycles. The molecule has 110 valence electrons. The number of fused-ring (bicyclic) bond motifs is 3. The van der Waals surface area contributed by atoms with Gasteiger partial charge in [0.05, 0.1) is 11.7 Å². The van der Waals surface area contributed by atoms with Gasteiger partial charge in [0.15, 0.2) is 11.3 Å². The molecule has 1 aliphatic rings. The van der Waals surface area contributed by atoms with E-state index in [9.17, 15) is 0 Å². The van der Waals surface area contributed by atoms with E-state index < -0.39 is 0 Å². The number of hydrogen-bond donors (Lipinski definition) is 2. The maximum absolute atomic E-state index is 4.50. The topological polar surface area (TPSA) is 70.9 Å². The first-order chi connectivity index (χ1) is 10.1. The Labute approximate surface area is 123 Å². The van der Waals surface area contributed by atoms with Crippen molar-refractivity contribution in [2.75, 3.05) is 7.05 Å². The van der Waals surface area contributed by atoms with Gasteiger partial charge in [-0.05, 0) is 31.4 Å². The van der Waals surface area contributed by atoms with Crippen molar-refractivity contribution in [2.45, 2.75) is 38.6 Å².